The van der Waals surface area contributed by atoms with E-state index in [-0.39, 0.29) is 25.9 Å². The number of carbonyl (C=O) groups is 3. The third-order valence-electron chi connectivity index (χ3n) is 12.1. The van der Waals surface area contributed by atoms with Crippen LogP contribution in [0.15, 0.2) is 72.9 Å². The summed E-state index contributed by atoms with van der Waals surface area (Å²) in [4.78, 5) is 48.5. The van der Waals surface area contributed by atoms with Crippen LogP contribution < -0.4 is 0 Å². The first-order valence-corrected chi connectivity index (χ1v) is 30.3. The lowest BCUT2D eigenvalue weighted by Gasteiger charge is -2.21. The quantitative estimate of drug-likeness (QED) is 0.0197. The van der Waals surface area contributed by atoms with E-state index in [4.69, 9.17) is 23.3 Å². The number of rotatable bonds is 53. The first-order valence-electron chi connectivity index (χ1n) is 28.8. The van der Waals surface area contributed by atoms with Crippen molar-refractivity contribution in [1.82, 2.24) is 0 Å². The Balaban J connectivity index is 4.71. The molecule has 416 valence electrons. The van der Waals surface area contributed by atoms with E-state index >= 15 is 0 Å². The first kappa shape index (κ1) is 68.9. The average Bonchev–Trinajstić information content (AvgIpc) is 3.37. The maximum Gasteiger partial charge on any atom is 0.472 e. The summed E-state index contributed by atoms with van der Waals surface area (Å²) in [6, 6.07) is 0. The standard InChI is InChI=1S/C60H105O11P/c1-4-7-10-13-16-19-22-25-26-27-28-29-30-33-34-37-40-43-46-49-58(62)67-53-57(71-60(64)51-48-45-42-39-36-32-24-21-18-15-12-9-6-3)55-69-72(65,66)68-54-56(52-61)70-59(63)50-47-44-41-38-35-31-23-20-17-14-11-8-5-2/h8-9,11-12,17-18,20-21,31-32,35-36,56-57,61H,4-7,10,13-16,19,22-30,33-34,37-55H2,1-3H3,(H,65,66)/b11-8-,12-9-,20-17-,21-18-,35-31-,36-32-. The lowest BCUT2D eigenvalue weighted by molar-refractivity contribution is -0.161. The minimum Gasteiger partial charge on any atom is -0.462 e. The molecule has 0 aliphatic heterocycles. The van der Waals surface area contributed by atoms with Crippen molar-refractivity contribution >= 4 is 25.7 Å². The maximum atomic E-state index is 12.9. The molecule has 11 nitrogen and oxygen atoms in total. The van der Waals surface area contributed by atoms with Gasteiger partial charge in [0.05, 0.1) is 19.8 Å². The van der Waals surface area contributed by atoms with Gasteiger partial charge in [-0.2, -0.15) is 0 Å². The van der Waals surface area contributed by atoms with Crippen LogP contribution in [0, 0.1) is 0 Å². The highest BCUT2D eigenvalue weighted by atomic mass is 31.2. The number of hydrogen-bond acceptors (Lipinski definition) is 10. The van der Waals surface area contributed by atoms with Crippen LogP contribution in [-0.4, -0.2) is 66.5 Å². The number of phosphoric acid groups is 1. The van der Waals surface area contributed by atoms with Gasteiger partial charge in [-0.1, -0.05) is 222 Å². The number of phosphoric ester groups is 1. The third kappa shape index (κ3) is 51.8. The molecule has 0 aromatic heterocycles. The van der Waals surface area contributed by atoms with Gasteiger partial charge in [-0.3, -0.25) is 23.4 Å². The zero-order valence-electron chi connectivity index (χ0n) is 45.9. The van der Waals surface area contributed by atoms with Crippen LogP contribution in [-0.2, 0) is 42.2 Å². The molecule has 0 rings (SSSR count). The fourth-order valence-corrected chi connectivity index (χ4v) is 8.58. The Morgan fingerprint density at radius 1 is 0.403 bits per heavy atom. The van der Waals surface area contributed by atoms with Crippen LogP contribution in [0.1, 0.15) is 252 Å². The number of hydrogen-bond donors (Lipinski definition) is 2. The molecular weight excluding hydrogens is 928 g/mol. The molecule has 0 aromatic carbocycles. The van der Waals surface area contributed by atoms with Crippen LogP contribution in [0.2, 0.25) is 0 Å². The summed E-state index contributed by atoms with van der Waals surface area (Å²) in [5, 5.41) is 9.79. The van der Waals surface area contributed by atoms with Crippen molar-refractivity contribution in [3.63, 3.8) is 0 Å². The second-order valence-corrected chi connectivity index (χ2v) is 20.5. The fourth-order valence-electron chi connectivity index (χ4n) is 7.80. The second kappa shape index (κ2) is 54.2. The van der Waals surface area contributed by atoms with E-state index in [1.54, 1.807) is 0 Å². The zero-order valence-corrected chi connectivity index (χ0v) is 46.8. The Bertz CT molecular complexity index is 1490. The molecule has 0 fully saturated rings. The zero-order chi connectivity index (χ0) is 52.7. The Morgan fingerprint density at radius 3 is 1.11 bits per heavy atom. The van der Waals surface area contributed by atoms with Crippen molar-refractivity contribution in [2.45, 2.75) is 264 Å². The molecule has 0 heterocycles. The molecule has 12 heteroatoms. The van der Waals surface area contributed by atoms with E-state index in [9.17, 15) is 28.9 Å². The summed E-state index contributed by atoms with van der Waals surface area (Å²) in [6.45, 7) is 4.36. The second-order valence-electron chi connectivity index (χ2n) is 19.0. The minimum atomic E-state index is -4.76. The Morgan fingerprint density at radius 2 is 0.722 bits per heavy atom. The molecule has 2 N–H and O–H groups in total. The number of aliphatic hydroxyl groups excluding tert-OH is 1. The topological polar surface area (TPSA) is 155 Å². The number of esters is 3. The highest BCUT2D eigenvalue weighted by molar-refractivity contribution is 7.47. The van der Waals surface area contributed by atoms with E-state index < -0.39 is 57.8 Å². The van der Waals surface area contributed by atoms with Crippen LogP contribution in [0.4, 0.5) is 0 Å². The van der Waals surface area contributed by atoms with Crippen molar-refractivity contribution in [2.75, 3.05) is 26.4 Å². The van der Waals surface area contributed by atoms with Crippen molar-refractivity contribution in [3.8, 4) is 0 Å². The van der Waals surface area contributed by atoms with E-state index in [2.05, 4.69) is 93.7 Å². The van der Waals surface area contributed by atoms with Crippen molar-refractivity contribution in [2.24, 2.45) is 0 Å². The molecular formula is C60H105O11P. The predicted molar refractivity (Wildman–Crippen MR) is 298 cm³/mol. The van der Waals surface area contributed by atoms with Gasteiger partial charge in [0, 0.05) is 19.3 Å². The monoisotopic (exact) mass is 1030 g/mol. The van der Waals surface area contributed by atoms with Crippen molar-refractivity contribution in [3.05, 3.63) is 72.9 Å². The lowest BCUT2D eigenvalue weighted by Crippen LogP contribution is -2.30. The van der Waals surface area contributed by atoms with E-state index in [0.717, 1.165) is 96.3 Å². The number of aliphatic hydroxyl groups is 1. The van der Waals surface area contributed by atoms with Crippen LogP contribution in [0.5, 0.6) is 0 Å². The SMILES string of the molecule is CC/C=C\C/C=C\C/C=C\CCCCCC(=O)OC(CO)COP(=O)(O)OCC(COC(=O)CCCCCCCCCCCCCCCCCCCCC)OC(=O)CCCCC/C=C\C/C=C\C/C=C\CC. The normalized spacial score (nSPS) is 13.9. The van der Waals surface area contributed by atoms with E-state index in [0.29, 0.717) is 19.3 Å². The highest BCUT2D eigenvalue weighted by Gasteiger charge is 2.28. The molecule has 0 spiro atoms. The van der Waals surface area contributed by atoms with Crippen molar-refractivity contribution in [1.29, 1.82) is 0 Å². The van der Waals surface area contributed by atoms with Crippen LogP contribution in [0.3, 0.4) is 0 Å². The van der Waals surface area contributed by atoms with Gasteiger partial charge in [-0.25, -0.2) is 4.57 Å². The molecule has 0 saturated carbocycles. The number of allylic oxidation sites excluding steroid dienone is 12. The summed E-state index contributed by atoms with van der Waals surface area (Å²) in [7, 11) is -4.76. The first-order chi connectivity index (χ1) is 35.2. The number of unbranched alkanes of at least 4 members (excludes halogenated alkanes) is 24. The van der Waals surface area contributed by atoms with Crippen molar-refractivity contribution < 1.29 is 52.2 Å². The highest BCUT2D eigenvalue weighted by Crippen LogP contribution is 2.43. The molecule has 0 aliphatic rings. The Hall–Kier alpha value is -3.08. The summed E-state index contributed by atoms with van der Waals surface area (Å²) >= 11 is 0. The molecule has 0 saturated heterocycles. The Labute approximate surface area is 439 Å². The molecule has 72 heavy (non-hydrogen) atoms. The summed E-state index contributed by atoms with van der Waals surface area (Å²) in [5.41, 5.74) is 0. The largest absolute Gasteiger partial charge is 0.472 e. The van der Waals surface area contributed by atoms with Gasteiger partial charge in [-0.05, 0) is 83.5 Å². The van der Waals surface area contributed by atoms with E-state index in [1.165, 1.54) is 96.3 Å². The van der Waals surface area contributed by atoms with Gasteiger partial charge in [0.15, 0.2) is 6.10 Å². The minimum absolute atomic E-state index is 0.130. The fraction of sp³-hybridized carbons (Fsp3) is 0.750. The van der Waals surface area contributed by atoms with Gasteiger partial charge in [0.1, 0.15) is 12.7 Å². The summed E-state index contributed by atoms with van der Waals surface area (Å²) in [5.74, 6) is -1.52. The molecule has 0 radical (unpaired) electrons. The predicted octanol–water partition coefficient (Wildman–Crippen LogP) is 16.9. The number of carbonyl (C=O) groups excluding carboxylic acids is 3. The summed E-state index contributed by atoms with van der Waals surface area (Å²) in [6.07, 6.45) is 60.2. The van der Waals surface area contributed by atoms with Crippen LogP contribution >= 0.6 is 7.82 Å². The summed E-state index contributed by atoms with van der Waals surface area (Å²) < 4.78 is 39.4. The van der Waals surface area contributed by atoms with Gasteiger partial charge in [0.25, 0.3) is 0 Å². The van der Waals surface area contributed by atoms with Gasteiger partial charge in [0.2, 0.25) is 0 Å². The third-order valence-corrected chi connectivity index (χ3v) is 13.1. The molecule has 3 unspecified atom stereocenters. The van der Waals surface area contributed by atoms with Gasteiger partial charge < -0.3 is 24.2 Å². The molecule has 0 aliphatic carbocycles. The smallest absolute Gasteiger partial charge is 0.462 e. The van der Waals surface area contributed by atoms with Gasteiger partial charge in [-0.15, -0.1) is 0 Å². The number of ether oxygens (including phenoxy) is 3. The molecule has 0 amide bonds. The lowest BCUT2D eigenvalue weighted by atomic mass is 10.0. The maximum absolute atomic E-state index is 12.9. The van der Waals surface area contributed by atoms with Crippen LogP contribution in [0.25, 0.3) is 0 Å². The molecule has 3 atom stereocenters. The Kier molecular flexibility index (Phi) is 51.9. The van der Waals surface area contributed by atoms with E-state index in [1.807, 2.05) is 0 Å². The average molecular weight is 1030 g/mol. The van der Waals surface area contributed by atoms with Gasteiger partial charge >= 0.3 is 25.7 Å². The molecule has 0 bridgehead atoms. The molecule has 0 aromatic rings.